The first-order valence-electron chi connectivity index (χ1n) is 7.41. The van der Waals surface area contributed by atoms with Crippen LogP contribution in [0.1, 0.15) is 37.0 Å². The summed E-state index contributed by atoms with van der Waals surface area (Å²) in [5.74, 6) is 1.50. The van der Waals surface area contributed by atoms with Crippen LogP contribution in [0.4, 0.5) is 0 Å². The largest absolute Gasteiger partial charge is 0.491 e. The summed E-state index contributed by atoms with van der Waals surface area (Å²) in [6.45, 7) is 6.89. The third-order valence-corrected chi connectivity index (χ3v) is 4.73. The Labute approximate surface area is 125 Å². The fourth-order valence-corrected chi connectivity index (χ4v) is 3.75. The van der Waals surface area contributed by atoms with Gasteiger partial charge < -0.3 is 9.84 Å². The Morgan fingerprint density at radius 3 is 2.95 bits per heavy atom. The number of benzene rings is 1. The van der Waals surface area contributed by atoms with E-state index in [2.05, 4.69) is 11.8 Å². The minimum atomic E-state index is -0.513. The van der Waals surface area contributed by atoms with Crippen molar-refractivity contribution >= 4 is 11.6 Å². The number of piperidine rings is 1. The van der Waals surface area contributed by atoms with Crippen LogP contribution in [0.2, 0.25) is 5.02 Å². The second-order valence-electron chi connectivity index (χ2n) is 6.21. The van der Waals surface area contributed by atoms with E-state index in [1.165, 1.54) is 12.8 Å². The molecule has 0 bridgehead atoms. The van der Waals surface area contributed by atoms with Gasteiger partial charge in [0.2, 0.25) is 0 Å². The van der Waals surface area contributed by atoms with E-state index in [-0.39, 0.29) is 6.04 Å². The molecule has 2 aliphatic heterocycles. The maximum absolute atomic E-state index is 10.7. The zero-order valence-corrected chi connectivity index (χ0v) is 12.9. The third-order valence-electron chi connectivity index (χ3n) is 4.51. The van der Waals surface area contributed by atoms with Crippen LogP contribution in [0.5, 0.6) is 5.75 Å². The molecule has 0 aliphatic carbocycles. The van der Waals surface area contributed by atoms with Crippen LogP contribution in [-0.4, -0.2) is 35.7 Å². The lowest BCUT2D eigenvalue weighted by atomic mass is 9.92. The molecule has 2 aliphatic rings. The van der Waals surface area contributed by atoms with Crippen molar-refractivity contribution in [2.24, 2.45) is 5.92 Å². The van der Waals surface area contributed by atoms with Crippen LogP contribution in [0.15, 0.2) is 12.1 Å². The molecule has 3 nitrogen and oxygen atoms in total. The van der Waals surface area contributed by atoms with Gasteiger partial charge in [-0.3, -0.25) is 4.90 Å². The van der Waals surface area contributed by atoms with Gasteiger partial charge >= 0.3 is 0 Å². The Kier molecular flexibility index (Phi) is 3.93. The number of likely N-dealkylation sites (tertiary alicyclic amines) is 1. The molecule has 2 heterocycles. The predicted octanol–water partition coefficient (Wildman–Crippen LogP) is 3.17. The normalized spacial score (nSPS) is 30.7. The molecular weight excluding hydrogens is 274 g/mol. The van der Waals surface area contributed by atoms with Crippen LogP contribution in [-0.2, 0) is 0 Å². The highest BCUT2D eigenvalue weighted by Gasteiger charge is 2.36. The van der Waals surface area contributed by atoms with E-state index in [4.69, 9.17) is 16.3 Å². The Hall–Kier alpha value is -0.770. The summed E-state index contributed by atoms with van der Waals surface area (Å²) >= 11 is 6.12. The molecule has 1 fully saturated rings. The number of aryl methyl sites for hydroxylation is 1. The topological polar surface area (TPSA) is 32.7 Å². The fraction of sp³-hybridized carbons (Fsp3) is 0.625. The average Bonchev–Trinajstić information content (AvgIpc) is 2.40. The van der Waals surface area contributed by atoms with Crippen molar-refractivity contribution in [3.8, 4) is 5.75 Å². The molecule has 0 spiro atoms. The molecule has 4 heteroatoms. The molecule has 1 aromatic carbocycles. The van der Waals surface area contributed by atoms with Gasteiger partial charge in [0.05, 0.1) is 6.04 Å². The Balaban J connectivity index is 1.86. The Bertz CT molecular complexity index is 505. The minimum Gasteiger partial charge on any atom is -0.491 e. The van der Waals surface area contributed by atoms with Gasteiger partial charge in [0.25, 0.3) is 0 Å². The number of nitrogens with zero attached hydrogens (tertiary/aromatic N) is 1. The Morgan fingerprint density at radius 1 is 1.40 bits per heavy atom. The average molecular weight is 296 g/mol. The lowest BCUT2D eigenvalue weighted by Crippen LogP contribution is -2.49. The number of fused-ring (bicyclic) bond motifs is 1. The lowest BCUT2D eigenvalue weighted by molar-refractivity contribution is -0.0129. The number of ether oxygens (including phenoxy) is 1. The summed E-state index contributed by atoms with van der Waals surface area (Å²) in [5, 5.41) is 11.4. The van der Waals surface area contributed by atoms with E-state index in [0.717, 1.165) is 30.0 Å². The monoisotopic (exact) mass is 295 g/mol. The highest BCUT2D eigenvalue weighted by atomic mass is 35.5. The van der Waals surface area contributed by atoms with Gasteiger partial charge in [-0.25, -0.2) is 0 Å². The first-order chi connectivity index (χ1) is 9.56. The minimum absolute atomic E-state index is 0.0446. The van der Waals surface area contributed by atoms with Crippen molar-refractivity contribution in [3.63, 3.8) is 0 Å². The first kappa shape index (κ1) is 14.2. The summed E-state index contributed by atoms with van der Waals surface area (Å²) in [5.41, 5.74) is 1.83. The number of hydrogen-bond donors (Lipinski definition) is 1. The van der Waals surface area contributed by atoms with E-state index < -0.39 is 6.10 Å². The molecule has 3 atom stereocenters. The smallest absolute Gasteiger partial charge is 0.128 e. The highest BCUT2D eigenvalue weighted by molar-refractivity contribution is 6.30. The van der Waals surface area contributed by atoms with Gasteiger partial charge in [0, 0.05) is 17.1 Å². The van der Waals surface area contributed by atoms with Crippen molar-refractivity contribution < 1.29 is 9.84 Å². The molecule has 3 rings (SSSR count). The van der Waals surface area contributed by atoms with Gasteiger partial charge in [-0.05, 0) is 49.9 Å². The zero-order chi connectivity index (χ0) is 14.3. The maximum Gasteiger partial charge on any atom is 0.128 e. The number of rotatable bonds is 1. The fourth-order valence-electron chi connectivity index (χ4n) is 3.47. The van der Waals surface area contributed by atoms with Crippen molar-refractivity contribution in [2.45, 2.75) is 38.8 Å². The van der Waals surface area contributed by atoms with Crippen LogP contribution < -0.4 is 4.74 Å². The van der Waals surface area contributed by atoms with Crippen molar-refractivity contribution in [1.82, 2.24) is 4.90 Å². The molecule has 110 valence electrons. The maximum atomic E-state index is 10.7. The standard InChI is InChI=1S/C16H22ClNO2/c1-10-4-3-5-18(8-10)14-9-20-16-11(2)6-12(17)7-13(16)15(14)19/h6-7,10,14-15,19H,3-5,8-9H2,1-2H3. The van der Waals surface area contributed by atoms with E-state index in [1.54, 1.807) is 0 Å². The summed E-state index contributed by atoms with van der Waals surface area (Å²) in [4.78, 5) is 2.37. The number of hydrogen-bond acceptors (Lipinski definition) is 3. The SMILES string of the molecule is Cc1cc(Cl)cc2c1OCC(N1CCCC(C)C1)C2O. The van der Waals surface area contributed by atoms with Crippen molar-refractivity contribution in [3.05, 3.63) is 28.3 Å². The zero-order valence-electron chi connectivity index (χ0n) is 12.1. The Morgan fingerprint density at radius 2 is 2.20 bits per heavy atom. The van der Waals surface area contributed by atoms with E-state index in [1.807, 2.05) is 19.1 Å². The molecule has 3 unspecified atom stereocenters. The summed E-state index contributed by atoms with van der Waals surface area (Å²) in [6.07, 6.45) is 1.97. The van der Waals surface area contributed by atoms with E-state index >= 15 is 0 Å². The van der Waals surface area contributed by atoms with E-state index in [0.29, 0.717) is 17.5 Å². The molecule has 20 heavy (non-hydrogen) atoms. The molecule has 1 N–H and O–H groups in total. The first-order valence-corrected chi connectivity index (χ1v) is 7.79. The van der Waals surface area contributed by atoms with Crippen LogP contribution in [0.25, 0.3) is 0 Å². The van der Waals surface area contributed by atoms with Crippen LogP contribution in [0, 0.1) is 12.8 Å². The second-order valence-corrected chi connectivity index (χ2v) is 6.64. The number of aliphatic hydroxyl groups excluding tert-OH is 1. The van der Waals surface area contributed by atoms with Gasteiger partial charge in [0.1, 0.15) is 18.5 Å². The van der Waals surface area contributed by atoms with E-state index in [9.17, 15) is 5.11 Å². The highest BCUT2D eigenvalue weighted by Crippen LogP contribution is 2.39. The summed E-state index contributed by atoms with van der Waals surface area (Å²) in [6, 6.07) is 3.77. The molecule has 0 aromatic heterocycles. The lowest BCUT2D eigenvalue weighted by Gasteiger charge is -2.42. The second kappa shape index (κ2) is 5.55. The summed E-state index contributed by atoms with van der Waals surface area (Å²) in [7, 11) is 0. The number of aliphatic hydroxyl groups is 1. The van der Waals surface area contributed by atoms with Gasteiger partial charge in [-0.15, -0.1) is 0 Å². The molecule has 1 aromatic rings. The van der Waals surface area contributed by atoms with Crippen LogP contribution in [0.3, 0.4) is 0 Å². The molecule has 0 saturated carbocycles. The molecule has 0 amide bonds. The predicted molar refractivity (Wildman–Crippen MR) is 80.4 cm³/mol. The van der Waals surface area contributed by atoms with Gasteiger partial charge in [-0.1, -0.05) is 18.5 Å². The third kappa shape index (κ3) is 2.54. The molecule has 0 radical (unpaired) electrons. The molecular formula is C16H22ClNO2. The quantitative estimate of drug-likeness (QED) is 0.864. The van der Waals surface area contributed by atoms with Gasteiger partial charge in [0.15, 0.2) is 0 Å². The van der Waals surface area contributed by atoms with Crippen LogP contribution >= 0.6 is 11.6 Å². The summed E-state index contributed by atoms with van der Waals surface area (Å²) < 4.78 is 5.92. The van der Waals surface area contributed by atoms with Crippen molar-refractivity contribution in [2.75, 3.05) is 19.7 Å². The molecule has 1 saturated heterocycles. The van der Waals surface area contributed by atoms with Crippen molar-refractivity contribution in [1.29, 1.82) is 0 Å². The number of halogens is 1. The van der Waals surface area contributed by atoms with Gasteiger partial charge in [-0.2, -0.15) is 0 Å².